The maximum Gasteiger partial charge on any atom is 0.306 e. The zero-order chi connectivity index (χ0) is 38.2. The Labute approximate surface area is 325 Å². The van der Waals surface area contributed by atoms with Crippen LogP contribution in [-0.4, -0.2) is 67.5 Å². The molecule has 0 spiro atoms. The number of likely N-dealkylation sites (tertiary alicyclic amines) is 1. The van der Waals surface area contributed by atoms with E-state index in [1.54, 1.807) is 6.07 Å². The van der Waals surface area contributed by atoms with Gasteiger partial charge in [0.2, 0.25) is 5.89 Å². The highest BCUT2D eigenvalue weighted by molar-refractivity contribution is 6.36. The second-order valence-corrected chi connectivity index (χ2v) is 15.8. The van der Waals surface area contributed by atoms with Crippen LogP contribution < -0.4 is 5.32 Å². The van der Waals surface area contributed by atoms with E-state index in [1.807, 2.05) is 61.0 Å². The van der Waals surface area contributed by atoms with Crippen molar-refractivity contribution in [2.24, 2.45) is 18.9 Å². The third kappa shape index (κ3) is 7.51. The lowest BCUT2D eigenvalue weighted by Crippen LogP contribution is -2.33. The van der Waals surface area contributed by atoms with E-state index in [1.165, 1.54) is 12.8 Å². The van der Waals surface area contributed by atoms with Gasteiger partial charge in [-0.25, -0.2) is 9.97 Å². The van der Waals surface area contributed by atoms with Gasteiger partial charge in [-0.2, -0.15) is 5.26 Å². The molecule has 2 N–H and O–H groups in total. The number of carboxylic acid groups (broad SMARTS) is 1. The number of aromatic nitrogens is 3. The predicted octanol–water partition coefficient (Wildman–Crippen LogP) is 8.22. The van der Waals surface area contributed by atoms with Crippen LogP contribution in [0, 0.1) is 30.1 Å². The monoisotopic (exact) mass is 759 g/mol. The largest absolute Gasteiger partial charge is 0.481 e. The first-order valence-electron chi connectivity index (χ1n) is 19.4. The summed E-state index contributed by atoms with van der Waals surface area (Å²) in [7, 11) is 1.89. The van der Waals surface area contributed by atoms with E-state index in [0.717, 1.165) is 110 Å². The van der Waals surface area contributed by atoms with Gasteiger partial charge in [0.05, 0.1) is 27.9 Å². The number of aliphatic carboxylic acids is 1. The van der Waals surface area contributed by atoms with Gasteiger partial charge in [-0.3, -0.25) is 19.4 Å². The normalized spacial score (nSPS) is 19.0. The van der Waals surface area contributed by atoms with Crippen LogP contribution in [0.4, 0.5) is 5.69 Å². The molecule has 1 amide bonds. The fraction of sp³-hybridized carbons (Fsp3) is 0.419. The van der Waals surface area contributed by atoms with Crippen LogP contribution in [0.25, 0.3) is 33.7 Å². The average molecular weight is 760 g/mol. The first-order chi connectivity index (χ1) is 26.7. The van der Waals surface area contributed by atoms with E-state index in [4.69, 9.17) is 26.0 Å². The van der Waals surface area contributed by atoms with Crippen LogP contribution in [0.1, 0.15) is 83.6 Å². The number of halogens is 1. The molecule has 3 aliphatic rings. The fourth-order valence-corrected chi connectivity index (χ4v) is 9.07. The summed E-state index contributed by atoms with van der Waals surface area (Å²) in [4.78, 5) is 39.6. The summed E-state index contributed by atoms with van der Waals surface area (Å²) in [5, 5.41) is 22.7. The van der Waals surface area contributed by atoms with Crippen LogP contribution in [0.15, 0.2) is 52.9 Å². The standard InChI is InChI=1S/C43H46ClN7O4/c1-26-31(7-5-8-32(26)42-48-35-22-28(24-50-17-3-4-18-50)21-30(23-45)39(35)55-42)33-9-6-10-34(38(33)44)47-41(52)40-46-36-25-51(20-16-37(36)49(40)2)19-15-27-11-13-29(14-12-27)43(53)54/h5-10,21-22,27,29H,3-4,11-20,24-25H2,1-2H3,(H,47,52)(H,53,54). The lowest BCUT2D eigenvalue weighted by atomic mass is 9.80. The van der Waals surface area contributed by atoms with E-state index < -0.39 is 5.97 Å². The number of hydrogen-bond donors (Lipinski definition) is 2. The molecule has 1 aliphatic carbocycles. The molecule has 0 bridgehead atoms. The molecule has 55 heavy (non-hydrogen) atoms. The molecule has 1 saturated carbocycles. The minimum Gasteiger partial charge on any atom is -0.481 e. The Morgan fingerprint density at radius 3 is 2.51 bits per heavy atom. The number of rotatable bonds is 10. The molecule has 2 aliphatic heterocycles. The molecule has 8 rings (SSSR count). The first kappa shape index (κ1) is 36.9. The molecule has 2 fully saturated rings. The van der Waals surface area contributed by atoms with Crippen LogP contribution in [0.5, 0.6) is 0 Å². The number of nitrogens with zero attached hydrogens (tertiary/aromatic N) is 6. The molecule has 12 heteroatoms. The molecule has 0 radical (unpaired) electrons. The minimum atomic E-state index is -0.664. The van der Waals surface area contributed by atoms with Crippen molar-refractivity contribution in [3.05, 3.63) is 87.5 Å². The predicted molar refractivity (Wildman–Crippen MR) is 212 cm³/mol. The molecule has 11 nitrogen and oxygen atoms in total. The van der Waals surface area contributed by atoms with Gasteiger partial charge in [0, 0.05) is 49.9 Å². The molecule has 5 aromatic rings. The number of benzene rings is 3. The lowest BCUT2D eigenvalue weighted by Gasteiger charge is -2.30. The van der Waals surface area contributed by atoms with Crippen LogP contribution in [-0.2, 0) is 31.4 Å². The van der Waals surface area contributed by atoms with Gasteiger partial charge in [-0.1, -0.05) is 35.9 Å². The van der Waals surface area contributed by atoms with Gasteiger partial charge >= 0.3 is 5.97 Å². The molecule has 284 valence electrons. The number of hydrogen-bond acceptors (Lipinski definition) is 8. The molecule has 4 heterocycles. The molecule has 0 atom stereocenters. The van der Waals surface area contributed by atoms with Crippen molar-refractivity contribution in [3.8, 4) is 28.7 Å². The molecular formula is C43H46ClN7O4. The van der Waals surface area contributed by atoms with Crippen molar-refractivity contribution in [3.63, 3.8) is 0 Å². The van der Waals surface area contributed by atoms with Crippen molar-refractivity contribution in [2.75, 3.05) is 31.5 Å². The second kappa shape index (κ2) is 15.6. The Hall–Kier alpha value is -5.02. The van der Waals surface area contributed by atoms with Gasteiger partial charge in [-0.05, 0) is 118 Å². The third-order valence-corrected chi connectivity index (χ3v) is 12.4. The zero-order valence-electron chi connectivity index (χ0n) is 31.4. The van der Waals surface area contributed by atoms with E-state index >= 15 is 0 Å². The molecule has 2 aromatic heterocycles. The average Bonchev–Trinajstić information content (AvgIpc) is 3.94. The number of fused-ring (bicyclic) bond motifs is 2. The summed E-state index contributed by atoms with van der Waals surface area (Å²) in [5.74, 6) is 0.158. The summed E-state index contributed by atoms with van der Waals surface area (Å²) in [6.45, 7) is 7.43. The Morgan fingerprint density at radius 1 is 1.00 bits per heavy atom. The number of carbonyl (C=O) groups excluding carboxylic acids is 1. The number of anilines is 1. The molecule has 3 aromatic carbocycles. The summed E-state index contributed by atoms with van der Waals surface area (Å²) in [5.41, 5.74) is 8.48. The number of carboxylic acids is 1. The van der Waals surface area contributed by atoms with E-state index in [0.29, 0.717) is 51.6 Å². The van der Waals surface area contributed by atoms with Crippen molar-refractivity contribution >= 4 is 40.3 Å². The lowest BCUT2D eigenvalue weighted by molar-refractivity contribution is -0.143. The highest BCUT2D eigenvalue weighted by atomic mass is 35.5. The van der Waals surface area contributed by atoms with Gasteiger partial charge < -0.3 is 19.4 Å². The molecular weight excluding hydrogens is 714 g/mol. The van der Waals surface area contributed by atoms with Gasteiger partial charge in [-0.15, -0.1) is 0 Å². The summed E-state index contributed by atoms with van der Waals surface area (Å²) >= 11 is 7.06. The number of imidazole rings is 1. The van der Waals surface area contributed by atoms with Crippen molar-refractivity contribution in [1.29, 1.82) is 5.26 Å². The van der Waals surface area contributed by atoms with Gasteiger partial charge in [0.25, 0.3) is 5.91 Å². The maximum absolute atomic E-state index is 13.8. The van der Waals surface area contributed by atoms with Crippen molar-refractivity contribution < 1.29 is 19.1 Å². The second-order valence-electron chi connectivity index (χ2n) is 15.5. The van der Waals surface area contributed by atoms with E-state index in [-0.39, 0.29) is 11.8 Å². The first-order valence-corrected chi connectivity index (χ1v) is 19.8. The number of carbonyl (C=O) groups is 2. The molecule has 1 saturated heterocycles. The number of oxazole rings is 1. The smallest absolute Gasteiger partial charge is 0.306 e. The minimum absolute atomic E-state index is 0.190. The third-order valence-electron chi connectivity index (χ3n) is 12.0. The Balaban J connectivity index is 0.976. The van der Waals surface area contributed by atoms with Crippen molar-refractivity contribution in [1.82, 2.24) is 24.3 Å². The molecule has 0 unspecified atom stereocenters. The SMILES string of the molecule is Cc1c(-c2nc3cc(CN4CCCC4)cc(C#N)c3o2)cccc1-c1cccc(NC(=O)c2nc3c(n2C)CCN(CCC2CCC(C(=O)O)CC2)C3)c1Cl. The van der Waals surface area contributed by atoms with Gasteiger partial charge in [0.1, 0.15) is 11.6 Å². The highest BCUT2D eigenvalue weighted by Gasteiger charge is 2.29. The van der Waals surface area contributed by atoms with E-state index in [9.17, 15) is 20.0 Å². The fourth-order valence-electron chi connectivity index (χ4n) is 8.79. The maximum atomic E-state index is 13.8. The Bertz CT molecular complexity index is 2310. The van der Waals surface area contributed by atoms with Crippen LogP contribution in [0.3, 0.4) is 0 Å². The topological polar surface area (TPSA) is 141 Å². The zero-order valence-corrected chi connectivity index (χ0v) is 32.2. The summed E-state index contributed by atoms with van der Waals surface area (Å²) in [6, 6.07) is 17.7. The van der Waals surface area contributed by atoms with Crippen LogP contribution in [0.2, 0.25) is 5.02 Å². The quantitative estimate of drug-likeness (QED) is 0.144. The highest BCUT2D eigenvalue weighted by Crippen LogP contribution is 2.40. The number of amides is 1. The van der Waals surface area contributed by atoms with Gasteiger partial charge in [0.15, 0.2) is 11.4 Å². The Kier molecular flexibility index (Phi) is 10.5. The van der Waals surface area contributed by atoms with E-state index in [2.05, 4.69) is 21.2 Å². The van der Waals surface area contributed by atoms with Crippen LogP contribution >= 0.6 is 11.6 Å². The number of nitriles is 1. The number of nitrogens with one attached hydrogen (secondary N) is 1. The summed E-state index contributed by atoms with van der Waals surface area (Å²) in [6.07, 6.45) is 7.74. The van der Waals surface area contributed by atoms with Crippen molar-refractivity contribution in [2.45, 2.75) is 71.4 Å². The summed E-state index contributed by atoms with van der Waals surface area (Å²) < 4.78 is 8.16. The Morgan fingerprint density at radius 2 is 1.75 bits per heavy atom.